The summed E-state index contributed by atoms with van der Waals surface area (Å²) in [6.45, 7) is 4.46. The smallest absolute Gasteiger partial charge is 0.389 e. The molecule has 0 amide bonds. The van der Waals surface area contributed by atoms with Gasteiger partial charge in [-0.25, -0.2) is 0 Å². The third-order valence-corrected chi connectivity index (χ3v) is 5.38. The molecule has 0 heterocycles. The Morgan fingerprint density at radius 1 is 1.04 bits per heavy atom. The molecule has 0 radical (unpaired) electrons. The Morgan fingerprint density at radius 2 is 1.60 bits per heavy atom. The largest absolute Gasteiger partial charge is 0.507 e. The molecule has 0 spiro atoms. The van der Waals surface area contributed by atoms with Crippen molar-refractivity contribution < 1.29 is 31.2 Å². The Bertz CT molecular complexity index is 805. The average molecular weight is 396 g/mol. The van der Waals surface area contributed by atoms with Gasteiger partial charge in [-0.2, -0.15) is 21.6 Å². The van der Waals surface area contributed by atoms with Crippen LogP contribution in [0.25, 0.3) is 10.8 Å². The lowest BCUT2D eigenvalue weighted by Gasteiger charge is -2.10. The predicted molar refractivity (Wildman–Crippen MR) is 95.7 cm³/mol. The fourth-order valence-electron chi connectivity index (χ4n) is 2.11. The van der Waals surface area contributed by atoms with Gasteiger partial charge in [-0.1, -0.05) is 38.3 Å². The molecule has 0 fully saturated rings. The van der Waals surface area contributed by atoms with E-state index in [-0.39, 0.29) is 7.92 Å². The molecule has 2 rings (SSSR count). The van der Waals surface area contributed by atoms with Gasteiger partial charge in [0.05, 0.1) is 5.75 Å². The average Bonchev–Trinajstić information content (AvgIpc) is 2.45. The van der Waals surface area contributed by atoms with Crippen molar-refractivity contribution in [3.05, 3.63) is 36.4 Å². The molecule has 2 aromatic carbocycles. The van der Waals surface area contributed by atoms with E-state index in [9.17, 15) is 26.7 Å². The number of halogens is 3. The van der Waals surface area contributed by atoms with Crippen LogP contribution in [0.15, 0.2) is 36.4 Å². The van der Waals surface area contributed by atoms with Crippen molar-refractivity contribution in [3.8, 4) is 5.75 Å². The number of aromatic hydroxyl groups is 1. The molecule has 0 unspecified atom stereocenters. The van der Waals surface area contributed by atoms with Crippen LogP contribution in [0, 0.1) is 0 Å². The number of phenols is 1. The van der Waals surface area contributed by atoms with Gasteiger partial charge in [0.25, 0.3) is 10.1 Å². The van der Waals surface area contributed by atoms with E-state index >= 15 is 0 Å². The van der Waals surface area contributed by atoms with Crippen LogP contribution in [0.4, 0.5) is 13.2 Å². The molecule has 0 atom stereocenters. The Kier molecular flexibility index (Phi) is 7.65. The molecule has 140 valence electrons. The number of phenolic OH excluding ortho intramolecular Hbond substituents is 1. The number of alkyl halides is 3. The maximum atomic E-state index is 11.4. The Balaban J connectivity index is 0.000000260. The van der Waals surface area contributed by atoms with Crippen LogP contribution in [0.2, 0.25) is 0 Å². The molecule has 0 aliphatic heterocycles. The third-order valence-electron chi connectivity index (χ3n) is 3.22. The van der Waals surface area contributed by atoms with Gasteiger partial charge in [0, 0.05) is 11.8 Å². The zero-order chi connectivity index (χ0) is 19.3. The van der Waals surface area contributed by atoms with Gasteiger partial charge < -0.3 is 5.11 Å². The second-order valence-electron chi connectivity index (χ2n) is 5.55. The van der Waals surface area contributed by atoms with E-state index in [1.165, 1.54) is 10.7 Å². The second kappa shape index (κ2) is 8.83. The van der Waals surface area contributed by atoms with Crippen molar-refractivity contribution in [2.75, 3.05) is 19.1 Å². The highest BCUT2D eigenvalue weighted by atomic mass is 32.2. The molecule has 0 aliphatic rings. The summed E-state index contributed by atoms with van der Waals surface area (Å²) in [6, 6.07) is 11.8. The molecule has 25 heavy (non-hydrogen) atoms. The van der Waals surface area contributed by atoms with E-state index in [0.29, 0.717) is 5.75 Å². The van der Waals surface area contributed by atoms with E-state index in [1.807, 2.05) is 24.3 Å². The SMILES string of the molecule is CP(C)c1ccc(O)c2ccccc12.O=S(=O)(O)CCCC(F)(F)F. The maximum Gasteiger partial charge on any atom is 0.389 e. The summed E-state index contributed by atoms with van der Waals surface area (Å²) in [5.74, 6) is -0.465. The van der Waals surface area contributed by atoms with Crippen molar-refractivity contribution >= 4 is 34.1 Å². The first kappa shape index (κ1) is 21.7. The first-order valence-corrected chi connectivity index (χ1v) is 11.1. The van der Waals surface area contributed by atoms with Gasteiger partial charge >= 0.3 is 6.18 Å². The lowest BCUT2D eigenvalue weighted by molar-refractivity contribution is -0.134. The number of rotatable bonds is 4. The molecule has 4 nitrogen and oxygen atoms in total. The van der Waals surface area contributed by atoms with E-state index in [4.69, 9.17) is 4.55 Å². The van der Waals surface area contributed by atoms with E-state index in [0.717, 1.165) is 5.39 Å². The first-order chi connectivity index (χ1) is 11.4. The highest BCUT2D eigenvalue weighted by Crippen LogP contribution is 2.32. The normalized spacial score (nSPS) is 12.1. The molecule has 0 saturated heterocycles. The zero-order valence-corrected chi connectivity index (χ0v) is 15.5. The van der Waals surface area contributed by atoms with Crippen LogP contribution in [0.5, 0.6) is 5.75 Å². The van der Waals surface area contributed by atoms with Crippen LogP contribution < -0.4 is 5.30 Å². The molecule has 0 aromatic heterocycles. The van der Waals surface area contributed by atoms with Gasteiger partial charge in [-0.15, -0.1) is 0 Å². The van der Waals surface area contributed by atoms with Crippen molar-refractivity contribution in [2.45, 2.75) is 19.0 Å². The van der Waals surface area contributed by atoms with Crippen molar-refractivity contribution in [2.24, 2.45) is 0 Å². The standard InChI is InChI=1S/C12H13OP.C4H7F3O3S/c1-14(2)12-8-7-11(13)9-5-3-4-6-10(9)12;5-4(6,7)2-1-3-11(8,9)10/h3-8,13H,1-2H3;1-3H2,(H,8,9,10). The van der Waals surface area contributed by atoms with E-state index in [1.54, 1.807) is 6.07 Å². The van der Waals surface area contributed by atoms with Crippen LogP contribution in [-0.2, 0) is 10.1 Å². The second-order valence-corrected chi connectivity index (χ2v) is 9.39. The Morgan fingerprint density at radius 3 is 2.08 bits per heavy atom. The Hall–Kier alpha value is -1.37. The van der Waals surface area contributed by atoms with Gasteiger partial charge in [-0.3, -0.25) is 4.55 Å². The van der Waals surface area contributed by atoms with Crippen LogP contribution >= 0.6 is 7.92 Å². The first-order valence-electron chi connectivity index (χ1n) is 7.30. The molecule has 9 heteroatoms. The maximum absolute atomic E-state index is 11.4. The third kappa shape index (κ3) is 8.03. The van der Waals surface area contributed by atoms with Gasteiger partial charge in [0.15, 0.2) is 0 Å². The lowest BCUT2D eigenvalue weighted by atomic mass is 10.1. The fraction of sp³-hybridized carbons (Fsp3) is 0.375. The quantitative estimate of drug-likeness (QED) is 0.602. The van der Waals surface area contributed by atoms with E-state index < -0.39 is 34.9 Å². The molecule has 0 bridgehead atoms. The summed E-state index contributed by atoms with van der Waals surface area (Å²) in [5, 5.41) is 13.2. The number of hydrogen-bond acceptors (Lipinski definition) is 3. The summed E-state index contributed by atoms with van der Waals surface area (Å²) in [5.41, 5.74) is 0. The number of hydrogen-bond donors (Lipinski definition) is 2. The van der Waals surface area contributed by atoms with Crippen molar-refractivity contribution in [1.29, 1.82) is 0 Å². The number of fused-ring (bicyclic) bond motifs is 1. The minimum Gasteiger partial charge on any atom is -0.507 e. The van der Waals surface area contributed by atoms with Crippen LogP contribution in [0.1, 0.15) is 12.8 Å². The molecular weight excluding hydrogens is 376 g/mol. The van der Waals surface area contributed by atoms with Gasteiger partial charge in [0.1, 0.15) is 5.75 Å². The highest BCUT2D eigenvalue weighted by Gasteiger charge is 2.26. The van der Waals surface area contributed by atoms with Crippen molar-refractivity contribution in [3.63, 3.8) is 0 Å². The minimum atomic E-state index is -4.36. The summed E-state index contributed by atoms with van der Waals surface area (Å²) in [4.78, 5) is 0. The molecule has 2 aromatic rings. The van der Waals surface area contributed by atoms with Gasteiger partial charge in [-0.05, 0) is 36.5 Å². The van der Waals surface area contributed by atoms with Gasteiger partial charge in [0.2, 0.25) is 0 Å². The highest BCUT2D eigenvalue weighted by molar-refractivity contribution is 7.85. The summed E-state index contributed by atoms with van der Waals surface area (Å²) in [6.07, 6.45) is -6.14. The fourth-order valence-corrected chi connectivity index (χ4v) is 3.67. The molecule has 0 aliphatic carbocycles. The zero-order valence-electron chi connectivity index (χ0n) is 13.8. The summed E-state index contributed by atoms with van der Waals surface area (Å²) < 4.78 is 61.9. The monoisotopic (exact) mass is 396 g/mol. The Labute approximate surface area is 146 Å². The number of benzene rings is 2. The van der Waals surface area contributed by atoms with E-state index in [2.05, 4.69) is 19.4 Å². The van der Waals surface area contributed by atoms with Crippen molar-refractivity contribution in [1.82, 2.24) is 0 Å². The molecule has 2 N–H and O–H groups in total. The lowest BCUT2D eigenvalue weighted by Crippen LogP contribution is -2.11. The van der Waals surface area contributed by atoms with Crippen LogP contribution in [-0.4, -0.2) is 43.3 Å². The molecular formula is C16H20F3O4PS. The van der Waals surface area contributed by atoms with Crippen LogP contribution in [0.3, 0.4) is 0 Å². The topological polar surface area (TPSA) is 74.6 Å². The predicted octanol–water partition coefficient (Wildman–Crippen LogP) is 4.13. The molecule has 0 saturated carbocycles. The summed E-state index contributed by atoms with van der Waals surface area (Å²) >= 11 is 0. The minimum absolute atomic E-state index is 0.119. The summed E-state index contributed by atoms with van der Waals surface area (Å²) in [7, 11) is -4.37.